The third-order valence-electron chi connectivity index (χ3n) is 6.86. The average Bonchev–Trinajstić information content (AvgIpc) is 2.89. The van der Waals surface area contributed by atoms with E-state index in [-0.39, 0.29) is 17.3 Å². The van der Waals surface area contributed by atoms with Gasteiger partial charge in [-0.1, -0.05) is 33.3 Å². The van der Waals surface area contributed by atoms with E-state index < -0.39 is 39.8 Å². The lowest BCUT2D eigenvalue weighted by atomic mass is 9.67. The minimum atomic E-state index is -1.32. The molecule has 27 heavy (non-hydrogen) atoms. The predicted molar refractivity (Wildman–Crippen MR) is 99.0 cm³/mol. The second-order valence-electron chi connectivity index (χ2n) is 9.59. The van der Waals surface area contributed by atoms with Crippen LogP contribution in [0.2, 0.25) is 0 Å². The van der Waals surface area contributed by atoms with Gasteiger partial charge in [-0.25, -0.2) is 0 Å². The van der Waals surface area contributed by atoms with Gasteiger partial charge in [0.1, 0.15) is 6.10 Å². The molecule has 6 nitrogen and oxygen atoms in total. The molecule has 4 rings (SSSR count). The number of aliphatic hydroxyl groups excluding tert-OH is 3. The van der Waals surface area contributed by atoms with Crippen molar-refractivity contribution in [1.29, 1.82) is 0 Å². The number of allylic oxidation sites excluding steroid dienone is 1. The van der Waals surface area contributed by atoms with Crippen LogP contribution in [0.5, 0.6) is 17.2 Å². The fourth-order valence-corrected chi connectivity index (χ4v) is 6.08. The van der Waals surface area contributed by atoms with Crippen molar-refractivity contribution in [2.45, 2.75) is 57.5 Å². The van der Waals surface area contributed by atoms with E-state index >= 15 is 0 Å². The Labute approximate surface area is 157 Å². The first-order chi connectivity index (χ1) is 12.3. The first kappa shape index (κ1) is 18.0. The lowest BCUT2D eigenvalue weighted by Crippen LogP contribution is -2.40. The van der Waals surface area contributed by atoms with E-state index in [0.717, 1.165) is 11.1 Å². The molecule has 3 unspecified atom stereocenters. The third kappa shape index (κ3) is 2.05. The van der Waals surface area contributed by atoms with Gasteiger partial charge in [0.2, 0.25) is 5.75 Å². The van der Waals surface area contributed by atoms with Crippen molar-refractivity contribution in [3.8, 4) is 17.2 Å². The van der Waals surface area contributed by atoms with Crippen LogP contribution in [0.1, 0.15) is 51.7 Å². The average molecular weight is 374 g/mol. The molecule has 0 aliphatic heterocycles. The maximum absolute atomic E-state index is 10.9. The predicted octanol–water partition coefficient (Wildman–Crippen LogP) is 3.40. The summed E-state index contributed by atoms with van der Waals surface area (Å²) in [5.41, 5.74) is 0.452. The number of phenols is 3. The molecular weight excluding hydrogens is 348 g/mol. The number of fused-ring (bicyclic) bond motifs is 4. The molecule has 3 aliphatic carbocycles. The highest BCUT2D eigenvalue weighted by atomic mass is 16.3. The molecule has 146 valence electrons. The first-order valence-corrected chi connectivity index (χ1v) is 9.14. The molecule has 1 spiro atoms. The Kier molecular flexibility index (Phi) is 3.29. The van der Waals surface area contributed by atoms with Crippen molar-refractivity contribution in [2.75, 3.05) is 0 Å². The Morgan fingerprint density at radius 2 is 1.48 bits per heavy atom. The van der Waals surface area contributed by atoms with Gasteiger partial charge in [-0.3, -0.25) is 0 Å². The number of aliphatic hydroxyl groups is 3. The van der Waals surface area contributed by atoms with Crippen LogP contribution in [-0.4, -0.2) is 36.7 Å². The van der Waals surface area contributed by atoms with Crippen molar-refractivity contribution >= 4 is 0 Å². The molecule has 1 aromatic rings. The summed E-state index contributed by atoms with van der Waals surface area (Å²) in [5.74, 6) is -2.71. The normalized spacial score (nSPS) is 33.1. The molecule has 3 atom stereocenters. The van der Waals surface area contributed by atoms with Crippen LogP contribution in [0, 0.1) is 11.3 Å². The lowest BCUT2D eigenvalue weighted by molar-refractivity contribution is 0.0646. The van der Waals surface area contributed by atoms with E-state index in [2.05, 4.69) is 0 Å². The number of phenolic OH excluding ortho intramolecular Hbond substituents is 3. The third-order valence-corrected chi connectivity index (χ3v) is 6.86. The SMILES string of the molecule is CC1(C)CC2(CC(C)(C)c3cc(O)c(O)c(O)c32)C2C1=CC(O)=C(O)C2O. The highest BCUT2D eigenvalue weighted by molar-refractivity contribution is 5.66. The van der Waals surface area contributed by atoms with Gasteiger partial charge in [-0.05, 0) is 41.4 Å². The smallest absolute Gasteiger partial charge is 0.200 e. The van der Waals surface area contributed by atoms with Crippen LogP contribution in [0.3, 0.4) is 0 Å². The van der Waals surface area contributed by atoms with Gasteiger partial charge in [0.25, 0.3) is 0 Å². The summed E-state index contributed by atoms with van der Waals surface area (Å²) >= 11 is 0. The summed E-state index contributed by atoms with van der Waals surface area (Å²) in [4.78, 5) is 0. The molecular formula is C21H26O6. The second kappa shape index (κ2) is 4.93. The summed E-state index contributed by atoms with van der Waals surface area (Å²) in [7, 11) is 0. The number of aromatic hydroxyl groups is 3. The van der Waals surface area contributed by atoms with E-state index in [9.17, 15) is 30.6 Å². The van der Waals surface area contributed by atoms with Crippen LogP contribution in [0.25, 0.3) is 0 Å². The van der Waals surface area contributed by atoms with Gasteiger partial charge >= 0.3 is 0 Å². The molecule has 0 saturated heterocycles. The molecule has 0 amide bonds. The lowest BCUT2D eigenvalue weighted by Gasteiger charge is -2.38. The van der Waals surface area contributed by atoms with E-state index in [0.29, 0.717) is 18.4 Å². The Hall–Kier alpha value is -2.34. The fourth-order valence-electron chi connectivity index (χ4n) is 6.08. The van der Waals surface area contributed by atoms with Crippen LogP contribution >= 0.6 is 0 Å². The zero-order chi connectivity index (χ0) is 20.1. The van der Waals surface area contributed by atoms with Crippen LogP contribution in [-0.2, 0) is 10.8 Å². The highest BCUT2D eigenvalue weighted by Crippen LogP contribution is 2.70. The van der Waals surface area contributed by atoms with Crippen molar-refractivity contribution in [3.05, 3.63) is 40.4 Å². The number of hydrogen-bond acceptors (Lipinski definition) is 6. The van der Waals surface area contributed by atoms with Gasteiger partial charge in [0, 0.05) is 16.9 Å². The Morgan fingerprint density at radius 3 is 2.11 bits per heavy atom. The quantitative estimate of drug-likeness (QED) is 0.387. The van der Waals surface area contributed by atoms with E-state index in [1.807, 2.05) is 27.7 Å². The molecule has 3 aliphatic rings. The van der Waals surface area contributed by atoms with Crippen LogP contribution in [0.4, 0.5) is 0 Å². The molecule has 1 aromatic carbocycles. The van der Waals surface area contributed by atoms with Crippen LogP contribution in [0.15, 0.2) is 29.2 Å². The largest absolute Gasteiger partial charge is 0.506 e. The topological polar surface area (TPSA) is 121 Å². The Balaban J connectivity index is 2.05. The molecule has 6 N–H and O–H groups in total. The number of hydrogen-bond donors (Lipinski definition) is 6. The van der Waals surface area contributed by atoms with Gasteiger partial charge < -0.3 is 30.6 Å². The van der Waals surface area contributed by atoms with Crippen molar-refractivity contribution in [2.24, 2.45) is 11.3 Å². The Bertz CT molecular complexity index is 923. The minimum Gasteiger partial charge on any atom is -0.506 e. The van der Waals surface area contributed by atoms with Crippen molar-refractivity contribution in [1.82, 2.24) is 0 Å². The standard InChI is InChI=1S/C21H26O6/c1-19(2)7-21(13-9(19)5-11(22)15(24)17(13)26)8-20(3,4)10-6-12(23)16(25)18(27)14(10)21/h5-6,13,17,22-27H,7-8H2,1-4H3. The minimum absolute atomic E-state index is 0.339. The highest BCUT2D eigenvalue weighted by Gasteiger charge is 2.65. The maximum Gasteiger partial charge on any atom is 0.200 e. The number of benzene rings is 1. The zero-order valence-electron chi connectivity index (χ0n) is 15.9. The summed E-state index contributed by atoms with van der Waals surface area (Å²) in [6.07, 6.45) is 1.32. The van der Waals surface area contributed by atoms with Gasteiger partial charge in [-0.2, -0.15) is 0 Å². The second-order valence-corrected chi connectivity index (χ2v) is 9.59. The maximum atomic E-state index is 10.9. The molecule has 0 heterocycles. The summed E-state index contributed by atoms with van der Waals surface area (Å²) in [6.45, 7) is 8.00. The van der Waals surface area contributed by atoms with Crippen molar-refractivity contribution in [3.63, 3.8) is 0 Å². The zero-order valence-corrected chi connectivity index (χ0v) is 15.9. The molecule has 6 heteroatoms. The van der Waals surface area contributed by atoms with E-state index in [1.54, 1.807) is 0 Å². The molecule has 1 fully saturated rings. The molecule has 1 saturated carbocycles. The molecule has 0 bridgehead atoms. The monoisotopic (exact) mass is 374 g/mol. The van der Waals surface area contributed by atoms with Crippen molar-refractivity contribution < 1.29 is 30.6 Å². The van der Waals surface area contributed by atoms with Gasteiger partial charge in [0.15, 0.2) is 23.0 Å². The van der Waals surface area contributed by atoms with Gasteiger partial charge in [-0.15, -0.1) is 0 Å². The van der Waals surface area contributed by atoms with Crippen LogP contribution < -0.4 is 0 Å². The van der Waals surface area contributed by atoms with Gasteiger partial charge in [0.05, 0.1) is 0 Å². The van der Waals surface area contributed by atoms with E-state index in [4.69, 9.17) is 0 Å². The molecule has 0 aromatic heterocycles. The fraction of sp³-hybridized carbons (Fsp3) is 0.524. The first-order valence-electron chi connectivity index (χ1n) is 9.14. The summed E-state index contributed by atoms with van der Waals surface area (Å²) < 4.78 is 0. The summed E-state index contributed by atoms with van der Waals surface area (Å²) in [6, 6.07) is 1.48. The number of rotatable bonds is 0. The summed E-state index contributed by atoms with van der Waals surface area (Å²) in [5, 5.41) is 62.2. The Morgan fingerprint density at radius 1 is 0.889 bits per heavy atom. The van der Waals surface area contributed by atoms with E-state index in [1.165, 1.54) is 12.1 Å². The molecule has 0 radical (unpaired) electrons.